The van der Waals surface area contributed by atoms with Gasteiger partial charge in [-0.2, -0.15) is 0 Å². The van der Waals surface area contributed by atoms with Crippen LogP contribution in [0.25, 0.3) is 11.1 Å². The van der Waals surface area contributed by atoms with Gasteiger partial charge in [-0.05, 0) is 35.4 Å². The van der Waals surface area contributed by atoms with Crippen molar-refractivity contribution >= 4 is 32.5 Å². The van der Waals surface area contributed by atoms with Gasteiger partial charge in [-0.3, -0.25) is 13.8 Å². The summed E-state index contributed by atoms with van der Waals surface area (Å²) >= 11 is 0. The molecule has 0 aromatic heterocycles. The molecule has 0 spiro atoms. The van der Waals surface area contributed by atoms with Gasteiger partial charge in [-0.15, -0.1) is 0 Å². The number of nitrogens with zero attached hydrogens (tertiary/aromatic N) is 1. The Hall–Kier alpha value is -2.52. The Labute approximate surface area is 172 Å². The van der Waals surface area contributed by atoms with Gasteiger partial charge in [0, 0.05) is 40.6 Å². The van der Waals surface area contributed by atoms with E-state index in [0.29, 0.717) is 5.56 Å². The van der Waals surface area contributed by atoms with Crippen molar-refractivity contribution in [1.82, 2.24) is 10.2 Å². The predicted molar refractivity (Wildman–Crippen MR) is 112 cm³/mol. The molecule has 0 bridgehead atoms. The summed E-state index contributed by atoms with van der Waals surface area (Å²) in [5.41, 5.74) is 2.29. The second-order valence-corrected chi connectivity index (χ2v) is 10.5. The molecular weight excluding hydrogens is 412 g/mol. The van der Waals surface area contributed by atoms with Crippen LogP contribution in [0.15, 0.2) is 53.4 Å². The van der Waals surface area contributed by atoms with E-state index < -0.39 is 20.6 Å². The molecule has 1 heterocycles. The van der Waals surface area contributed by atoms with E-state index in [1.165, 1.54) is 4.90 Å². The molecule has 0 aliphatic carbocycles. The number of hydrogen-bond donors (Lipinski definition) is 1. The fraction of sp³-hybridized carbons (Fsp3) is 0.300. The van der Waals surface area contributed by atoms with Crippen LogP contribution >= 0.6 is 0 Å². The lowest BCUT2D eigenvalue weighted by atomic mass is 10.0. The summed E-state index contributed by atoms with van der Waals surface area (Å²) in [6, 6.07) is 14.3. The van der Waals surface area contributed by atoms with Crippen LogP contribution < -0.4 is 5.32 Å². The molecule has 9 heteroatoms. The average Bonchev–Trinajstić information content (AvgIpc) is 2.72. The quantitative estimate of drug-likeness (QED) is 0.759. The molecular formula is C20H22N2O5S2. The van der Waals surface area contributed by atoms with Crippen molar-refractivity contribution in [3.05, 3.63) is 54.1 Å². The molecule has 154 valence electrons. The normalized spacial score (nSPS) is 16.8. The number of nitrogens with one attached hydrogen (secondary N) is 1. The summed E-state index contributed by atoms with van der Waals surface area (Å²) in [6.45, 7) is 0.155. The van der Waals surface area contributed by atoms with Crippen LogP contribution in [-0.4, -0.2) is 66.7 Å². The van der Waals surface area contributed by atoms with E-state index in [2.05, 4.69) is 5.32 Å². The van der Waals surface area contributed by atoms with Gasteiger partial charge in [-0.1, -0.05) is 24.3 Å². The third-order valence-corrected chi connectivity index (χ3v) is 7.31. The number of amides is 2. The molecule has 3 rings (SSSR count). The molecule has 2 amide bonds. The van der Waals surface area contributed by atoms with Crippen molar-refractivity contribution in [2.45, 2.75) is 4.90 Å². The van der Waals surface area contributed by atoms with Gasteiger partial charge in [0.1, 0.15) is 0 Å². The maximum Gasteiger partial charge on any atom is 0.251 e. The van der Waals surface area contributed by atoms with Crippen molar-refractivity contribution in [2.24, 2.45) is 0 Å². The molecule has 0 saturated carbocycles. The van der Waals surface area contributed by atoms with E-state index in [0.717, 1.165) is 16.0 Å². The summed E-state index contributed by atoms with van der Waals surface area (Å²) < 4.78 is 34.3. The molecule has 2 aromatic carbocycles. The predicted octanol–water partition coefficient (Wildman–Crippen LogP) is 1.08. The SMILES string of the molecule is CS(=O)c1ccc(-c2ccc(C(=O)NCC(=O)N3CCS(=O)(=O)CC3)cc2)cc1. The first-order valence-electron chi connectivity index (χ1n) is 9.05. The van der Waals surface area contributed by atoms with Crippen molar-refractivity contribution < 1.29 is 22.2 Å². The monoisotopic (exact) mass is 434 g/mol. The highest BCUT2D eigenvalue weighted by Gasteiger charge is 2.25. The van der Waals surface area contributed by atoms with Crippen LogP contribution in [0.2, 0.25) is 0 Å². The minimum atomic E-state index is -3.05. The topological polar surface area (TPSA) is 101 Å². The van der Waals surface area contributed by atoms with Crippen molar-refractivity contribution in [1.29, 1.82) is 0 Å². The minimum Gasteiger partial charge on any atom is -0.343 e. The van der Waals surface area contributed by atoms with E-state index in [4.69, 9.17) is 0 Å². The fourth-order valence-electron chi connectivity index (χ4n) is 2.98. The number of benzene rings is 2. The molecule has 29 heavy (non-hydrogen) atoms. The Morgan fingerprint density at radius 2 is 1.48 bits per heavy atom. The average molecular weight is 435 g/mol. The van der Waals surface area contributed by atoms with Gasteiger partial charge in [0.15, 0.2) is 9.84 Å². The summed E-state index contributed by atoms with van der Waals surface area (Å²) in [4.78, 5) is 26.7. The fourth-order valence-corrected chi connectivity index (χ4v) is 4.71. The third kappa shape index (κ3) is 5.51. The van der Waals surface area contributed by atoms with Gasteiger partial charge < -0.3 is 10.2 Å². The lowest BCUT2D eigenvalue weighted by Gasteiger charge is -2.26. The van der Waals surface area contributed by atoms with Crippen molar-refractivity contribution in [3.8, 4) is 11.1 Å². The second-order valence-electron chi connectivity index (χ2n) is 6.77. The van der Waals surface area contributed by atoms with E-state index in [1.54, 1.807) is 18.4 Å². The first-order valence-corrected chi connectivity index (χ1v) is 12.4. The molecule has 1 atom stereocenters. The molecule has 1 unspecified atom stereocenters. The molecule has 2 aromatic rings. The summed E-state index contributed by atoms with van der Waals surface area (Å²) in [5.74, 6) is -0.739. The first-order chi connectivity index (χ1) is 13.7. The number of sulfone groups is 1. The number of rotatable bonds is 5. The zero-order valence-corrected chi connectivity index (χ0v) is 17.6. The Morgan fingerprint density at radius 3 is 2.00 bits per heavy atom. The molecule has 0 radical (unpaired) electrons. The smallest absolute Gasteiger partial charge is 0.251 e. The van der Waals surface area contributed by atoms with E-state index in [9.17, 15) is 22.2 Å². The lowest BCUT2D eigenvalue weighted by molar-refractivity contribution is -0.129. The highest BCUT2D eigenvalue weighted by Crippen LogP contribution is 2.21. The Morgan fingerprint density at radius 1 is 0.966 bits per heavy atom. The molecule has 1 N–H and O–H groups in total. The number of hydrogen-bond acceptors (Lipinski definition) is 5. The molecule has 1 saturated heterocycles. The largest absolute Gasteiger partial charge is 0.343 e. The van der Waals surface area contributed by atoms with Crippen LogP contribution in [0.5, 0.6) is 0 Å². The van der Waals surface area contributed by atoms with Gasteiger partial charge in [0.05, 0.1) is 18.1 Å². The van der Waals surface area contributed by atoms with Crippen LogP contribution in [0.1, 0.15) is 10.4 Å². The number of carbonyl (C=O) groups excluding carboxylic acids is 2. The van der Waals surface area contributed by atoms with Crippen LogP contribution in [-0.2, 0) is 25.4 Å². The maximum absolute atomic E-state index is 12.3. The second kappa shape index (κ2) is 8.87. The van der Waals surface area contributed by atoms with Gasteiger partial charge in [0.2, 0.25) is 5.91 Å². The third-order valence-electron chi connectivity index (χ3n) is 4.76. The van der Waals surface area contributed by atoms with Crippen LogP contribution in [0.3, 0.4) is 0 Å². The number of carbonyl (C=O) groups is 2. The van der Waals surface area contributed by atoms with E-state index >= 15 is 0 Å². The summed E-state index contributed by atoms with van der Waals surface area (Å²) in [6.07, 6.45) is 1.63. The molecule has 1 aliphatic rings. The molecule has 1 fully saturated rings. The maximum atomic E-state index is 12.3. The summed E-state index contributed by atoms with van der Waals surface area (Å²) in [7, 11) is -4.08. The van der Waals surface area contributed by atoms with Gasteiger partial charge in [-0.25, -0.2) is 8.42 Å². The van der Waals surface area contributed by atoms with Gasteiger partial charge in [0.25, 0.3) is 5.91 Å². The Bertz CT molecular complexity index is 1020. The van der Waals surface area contributed by atoms with E-state index in [-0.39, 0.29) is 43.0 Å². The highest BCUT2D eigenvalue weighted by molar-refractivity contribution is 7.91. The zero-order chi connectivity index (χ0) is 21.0. The molecule has 1 aliphatic heterocycles. The van der Waals surface area contributed by atoms with Crippen molar-refractivity contribution in [3.63, 3.8) is 0 Å². The highest BCUT2D eigenvalue weighted by atomic mass is 32.2. The minimum absolute atomic E-state index is 0.0384. The van der Waals surface area contributed by atoms with Crippen LogP contribution in [0.4, 0.5) is 0 Å². The lowest BCUT2D eigenvalue weighted by Crippen LogP contribution is -2.47. The summed E-state index contributed by atoms with van der Waals surface area (Å²) in [5, 5.41) is 2.58. The van der Waals surface area contributed by atoms with E-state index in [1.807, 2.05) is 36.4 Å². The Kier molecular flexibility index (Phi) is 6.49. The molecule has 7 nitrogen and oxygen atoms in total. The standard InChI is InChI=1S/C20H22N2O5S2/c1-28(25)18-8-6-16(7-9-18)15-2-4-17(5-3-15)20(24)21-14-19(23)22-10-12-29(26,27)13-11-22/h2-9H,10-14H2,1H3,(H,21,24). The van der Waals surface area contributed by atoms with Crippen molar-refractivity contribution in [2.75, 3.05) is 37.4 Å². The van der Waals surface area contributed by atoms with Gasteiger partial charge >= 0.3 is 0 Å². The Balaban J connectivity index is 1.56. The zero-order valence-electron chi connectivity index (χ0n) is 16.0. The van der Waals surface area contributed by atoms with Crippen LogP contribution in [0, 0.1) is 0 Å². The first kappa shape index (κ1) is 21.2.